The fourth-order valence-electron chi connectivity index (χ4n) is 8.24. The van der Waals surface area contributed by atoms with Crippen LogP contribution in [0.3, 0.4) is 0 Å². The van der Waals surface area contributed by atoms with Gasteiger partial charge in [0.05, 0.1) is 24.8 Å². The molecule has 15 nitrogen and oxygen atoms in total. The van der Waals surface area contributed by atoms with Gasteiger partial charge in [0.1, 0.15) is 17.6 Å². The lowest BCUT2D eigenvalue weighted by atomic mass is 9.89. The Balaban J connectivity index is 0.930. The second-order valence-corrected chi connectivity index (χ2v) is 16.8. The van der Waals surface area contributed by atoms with Crippen LogP contribution in [-0.4, -0.2) is 122 Å². The first-order valence-corrected chi connectivity index (χ1v) is 20.1. The van der Waals surface area contributed by atoms with Crippen molar-refractivity contribution in [1.82, 2.24) is 29.3 Å². The molecule has 0 bridgehead atoms. The predicted molar refractivity (Wildman–Crippen MR) is 207 cm³/mol. The number of aromatic nitrogens is 1. The summed E-state index contributed by atoms with van der Waals surface area (Å²) in [5.74, 6) is -1.35. The molecule has 312 valence electrons. The molecule has 4 aliphatic rings. The first-order chi connectivity index (χ1) is 27.4. The van der Waals surface area contributed by atoms with Gasteiger partial charge in [-0.2, -0.15) is 22.7 Å². The number of carbonyl (C=O) groups is 5. The first-order valence-electron chi connectivity index (χ1n) is 19.4. The van der Waals surface area contributed by atoms with E-state index in [1.165, 1.54) is 11.0 Å². The lowest BCUT2D eigenvalue weighted by Crippen LogP contribution is -2.58. The molecule has 2 aromatic rings. The number of nitriles is 1. The number of nitrogens with zero attached hydrogens (tertiary/aromatic N) is 6. The predicted octanol–water partition coefficient (Wildman–Crippen LogP) is 4.60. The van der Waals surface area contributed by atoms with Crippen molar-refractivity contribution >= 4 is 53.0 Å². The third-order valence-corrected chi connectivity index (χ3v) is 12.1. The highest BCUT2D eigenvalue weighted by Crippen LogP contribution is 2.41. The molecule has 1 aromatic carbocycles. The molecule has 0 radical (unpaired) electrons. The van der Waals surface area contributed by atoms with Gasteiger partial charge >= 0.3 is 12.2 Å². The average molecular weight is 828 g/mol. The van der Waals surface area contributed by atoms with Gasteiger partial charge in [-0.1, -0.05) is 6.07 Å². The molecule has 19 heteroatoms. The molecule has 6 rings (SSSR count). The summed E-state index contributed by atoms with van der Waals surface area (Å²) >= 11 is 0.569. The van der Waals surface area contributed by atoms with Gasteiger partial charge in [-0.3, -0.25) is 34.3 Å². The van der Waals surface area contributed by atoms with Gasteiger partial charge in [0.25, 0.3) is 5.91 Å². The number of anilines is 2. The molecule has 3 aliphatic heterocycles. The molecule has 4 fully saturated rings. The zero-order valence-corrected chi connectivity index (χ0v) is 33.6. The number of pyridine rings is 1. The second-order valence-electron chi connectivity index (χ2n) is 15.8. The number of hydrogen-bond donors (Lipinski definition) is 3. The maximum atomic E-state index is 13.6. The van der Waals surface area contributed by atoms with Crippen molar-refractivity contribution in [2.24, 2.45) is 0 Å². The number of ether oxygens (including phenoxy) is 1. The fraction of sp³-hybridized carbons (Fsp3) is 0.564. The van der Waals surface area contributed by atoms with E-state index in [4.69, 9.17) is 10.00 Å². The van der Waals surface area contributed by atoms with Crippen molar-refractivity contribution in [2.45, 2.75) is 113 Å². The van der Waals surface area contributed by atoms with E-state index in [1.54, 1.807) is 38.1 Å². The molecule has 4 heterocycles. The third-order valence-electron chi connectivity index (χ3n) is 11.2. The highest BCUT2D eigenvalue weighted by molar-refractivity contribution is 7.98. The van der Waals surface area contributed by atoms with Crippen LogP contribution in [0.1, 0.15) is 77.5 Å². The van der Waals surface area contributed by atoms with Crippen LogP contribution < -0.4 is 16.0 Å². The minimum atomic E-state index is -4.83. The number of alkyl halides is 3. The van der Waals surface area contributed by atoms with Gasteiger partial charge < -0.3 is 20.3 Å². The smallest absolute Gasteiger partial charge is 0.377 e. The molecule has 58 heavy (non-hydrogen) atoms. The molecular formula is C39H48F3N9O6S. The summed E-state index contributed by atoms with van der Waals surface area (Å²) in [4.78, 5) is 73.3. The van der Waals surface area contributed by atoms with E-state index in [0.29, 0.717) is 68.6 Å². The Labute approximate surface area is 339 Å². The van der Waals surface area contributed by atoms with E-state index >= 15 is 0 Å². The molecule has 3 atom stereocenters. The highest BCUT2D eigenvalue weighted by atomic mass is 32.2. The van der Waals surface area contributed by atoms with Gasteiger partial charge in [-0.15, -0.1) is 0 Å². The molecule has 1 aliphatic carbocycles. The van der Waals surface area contributed by atoms with E-state index in [1.807, 2.05) is 0 Å². The average Bonchev–Trinajstić information content (AvgIpc) is 3.32. The van der Waals surface area contributed by atoms with Gasteiger partial charge in [0.2, 0.25) is 17.7 Å². The normalized spacial score (nSPS) is 25.7. The monoisotopic (exact) mass is 827 g/mol. The first kappa shape index (κ1) is 42.8. The van der Waals surface area contributed by atoms with E-state index in [0.717, 1.165) is 29.7 Å². The van der Waals surface area contributed by atoms with Crippen LogP contribution >= 0.6 is 11.9 Å². The van der Waals surface area contributed by atoms with Gasteiger partial charge in [-0.05, 0) is 84.1 Å². The number of halogens is 3. The summed E-state index contributed by atoms with van der Waals surface area (Å²) in [5.41, 5.74) is -1.97. The number of hydrogen-bond acceptors (Lipinski definition) is 12. The van der Waals surface area contributed by atoms with Crippen LogP contribution in [0, 0.1) is 11.3 Å². The van der Waals surface area contributed by atoms with E-state index in [2.05, 4.69) is 44.6 Å². The van der Waals surface area contributed by atoms with Crippen molar-refractivity contribution in [2.75, 3.05) is 43.4 Å². The SMILES string of the molecule is C[C@@H]1CN(CCOC2CCC(N3C(=O)N(Sc4cnc(C#N)c(C(F)(F)F)c4)C(=O)C3(C)C)CC2)C[C@H](C)N1CC(=O)Nc1cccc(NC2CCC(=O)NC2=O)c1. The molecule has 3 N–H and O–H groups in total. The molecule has 6 amide bonds. The number of nitrogens with one attached hydrogen (secondary N) is 3. The van der Waals surface area contributed by atoms with Gasteiger partial charge in [-0.25, -0.2) is 9.78 Å². The molecule has 1 saturated carbocycles. The van der Waals surface area contributed by atoms with Crippen LogP contribution in [0.4, 0.5) is 29.3 Å². The second kappa shape index (κ2) is 17.6. The topological polar surface area (TPSA) is 180 Å². The Morgan fingerprint density at radius 1 is 1.05 bits per heavy atom. The number of urea groups is 1. The summed E-state index contributed by atoms with van der Waals surface area (Å²) in [5, 5.41) is 17.5. The molecule has 0 spiro atoms. The Kier molecular flexibility index (Phi) is 13.0. The zero-order chi connectivity index (χ0) is 41.9. The number of imide groups is 2. The van der Waals surface area contributed by atoms with Crippen LogP contribution in [0.2, 0.25) is 0 Å². The minimum Gasteiger partial charge on any atom is -0.377 e. The lowest BCUT2D eigenvalue weighted by molar-refractivity contribution is -0.138. The molecular weight excluding hydrogens is 780 g/mol. The van der Waals surface area contributed by atoms with Crippen molar-refractivity contribution < 1.29 is 41.9 Å². The summed E-state index contributed by atoms with van der Waals surface area (Å²) in [7, 11) is 0. The number of amides is 6. The molecule has 1 unspecified atom stereocenters. The lowest BCUT2D eigenvalue weighted by Gasteiger charge is -2.44. The van der Waals surface area contributed by atoms with Gasteiger partial charge in [0, 0.05) is 78.6 Å². The quantitative estimate of drug-likeness (QED) is 0.154. The summed E-state index contributed by atoms with van der Waals surface area (Å²) < 4.78 is 47.7. The van der Waals surface area contributed by atoms with Crippen LogP contribution in [0.15, 0.2) is 41.4 Å². The largest absolute Gasteiger partial charge is 0.419 e. The number of rotatable bonds is 12. The van der Waals surface area contributed by atoms with Gasteiger partial charge in [0.15, 0.2) is 5.69 Å². The van der Waals surface area contributed by atoms with Crippen molar-refractivity contribution in [3.05, 3.63) is 47.8 Å². The zero-order valence-electron chi connectivity index (χ0n) is 32.8. The number of piperidine rings is 1. The van der Waals surface area contributed by atoms with E-state index < -0.39 is 41.0 Å². The number of benzene rings is 1. The Bertz CT molecular complexity index is 1940. The van der Waals surface area contributed by atoms with Crippen LogP contribution in [0.5, 0.6) is 0 Å². The molecule has 1 aromatic heterocycles. The van der Waals surface area contributed by atoms with Crippen molar-refractivity contribution in [3.8, 4) is 6.07 Å². The Hall–Kier alpha value is -4.77. The fourth-order valence-corrected chi connectivity index (χ4v) is 9.19. The minimum absolute atomic E-state index is 0.0266. The van der Waals surface area contributed by atoms with Crippen molar-refractivity contribution in [1.29, 1.82) is 5.26 Å². The Morgan fingerprint density at radius 2 is 1.74 bits per heavy atom. The summed E-state index contributed by atoms with van der Waals surface area (Å²) in [6.45, 7) is 10.4. The maximum absolute atomic E-state index is 13.6. The number of carbonyl (C=O) groups excluding carboxylic acids is 5. The van der Waals surface area contributed by atoms with Crippen molar-refractivity contribution in [3.63, 3.8) is 0 Å². The Morgan fingerprint density at radius 3 is 2.40 bits per heavy atom. The third kappa shape index (κ3) is 9.73. The molecule has 3 saturated heterocycles. The number of piperazine rings is 1. The standard InChI is InChI=1S/C39H48F3N9O6S/c1-23-20-48(21-24(2)49(23)22-34(53)46-26-7-5-6-25(16-26)45-31-12-13-33(52)47-35(31)54)14-15-57-28-10-8-27(9-11-28)50-37(56)51(36(55)38(50,3)4)58-29-17-30(39(40,41)42)32(18-43)44-19-29/h5-7,16-17,19,23-24,27-28,31,45H,8-15,20-22H2,1-4H3,(H,46,53)(H,47,52,54)/t23-,24+,27?,28?,31?. The van der Waals surface area contributed by atoms with Crippen LogP contribution in [-0.2, 0) is 30.1 Å². The highest BCUT2D eigenvalue weighted by Gasteiger charge is 2.55. The van der Waals surface area contributed by atoms with E-state index in [9.17, 15) is 37.1 Å². The van der Waals surface area contributed by atoms with E-state index in [-0.39, 0.29) is 59.8 Å². The maximum Gasteiger partial charge on any atom is 0.419 e. The van der Waals surface area contributed by atoms with Crippen LogP contribution in [0.25, 0.3) is 0 Å². The summed E-state index contributed by atoms with van der Waals surface area (Å²) in [6, 6.07) is 8.11. The summed E-state index contributed by atoms with van der Waals surface area (Å²) in [6.07, 6.45) is -0.612.